The number of benzene rings is 3. The zero-order valence-corrected chi connectivity index (χ0v) is 19.4. The smallest absolute Gasteiger partial charge is 0.401 e. The first-order valence-electron chi connectivity index (χ1n) is 10.5. The van der Waals surface area contributed by atoms with Crippen LogP contribution in [0.1, 0.15) is 49.9 Å². The van der Waals surface area contributed by atoms with Crippen LogP contribution in [0.25, 0.3) is 0 Å². The Labute approximate surface area is 186 Å². The zero-order valence-electron chi connectivity index (χ0n) is 18.5. The molecule has 1 saturated heterocycles. The highest BCUT2D eigenvalue weighted by Crippen LogP contribution is 2.48. The molecule has 0 amide bonds. The van der Waals surface area contributed by atoms with E-state index in [0.29, 0.717) is 0 Å². The van der Waals surface area contributed by atoms with Crippen LogP contribution in [-0.2, 0) is 24.6 Å². The summed E-state index contributed by atoms with van der Waals surface area (Å²) in [6, 6.07) is 27.6. The zero-order chi connectivity index (χ0) is 21.9. The summed E-state index contributed by atoms with van der Waals surface area (Å²) < 4.78 is 22.4. The molecule has 1 aliphatic heterocycles. The molecule has 162 valence electrons. The third-order valence-electron chi connectivity index (χ3n) is 6.02. The van der Waals surface area contributed by atoms with Crippen molar-refractivity contribution >= 4 is 8.60 Å². The first-order valence-corrected chi connectivity index (χ1v) is 11.6. The van der Waals surface area contributed by atoms with Crippen molar-refractivity contribution in [2.45, 2.75) is 38.5 Å². The topological polar surface area (TPSA) is 36.9 Å². The van der Waals surface area contributed by atoms with Gasteiger partial charge in [-0.1, -0.05) is 100 Å². The van der Waals surface area contributed by atoms with Gasteiger partial charge in [-0.2, -0.15) is 0 Å². The number of hydrogen-bond acceptors (Lipinski definition) is 4. The molecule has 0 aliphatic carbocycles. The highest BCUT2D eigenvalue weighted by molar-refractivity contribution is 7.42. The van der Waals surface area contributed by atoms with Gasteiger partial charge in [-0.3, -0.25) is 9.05 Å². The molecule has 0 bridgehead atoms. The Balaban J connectivity index is 1.79. The SMILES string of the molecule is CC(C)(c1ccccc1)c1ccc(OP2OCOCO2)c(C(C)(C)c2ccccc2)c1. The molecule has 1 aliphatic rings. The van der Waals surface area contributed by atoms with Gasteiger partial charge in [0.1, 0.15) is 5.75 Å². The van der Waals surface area contributed by atoms with Crippen LogP contribution in [0.2, 0.25) is 0 Å². The first-order chi connectivity index (χ1) is 14.9. The van der Waals surface area contributed by atoms with Crippen LogP contribution in [0.15, 0.2) is 78.9 Å². The molecule has 0 radical (unpaired) electrons. The highest BCUT2D eigenvalue weighted by atomic mass is 31.2. The standard InChI is InChI=1S/C26H29O4P/c1-25(2,20-11-7-5-8-12-20)22-15-16-24(30-31-28-18-27-19-29-31)23(17-22)26(3,4)21-13-9-6-10-14-21/h5-17H,18-19H2,1-4H3. The van der Waals surface area contributed by atoms with Crippen molar-refractivity contribution in [3.05, 3.63) is 101 Å². The lowest BCUT2D eigenvalue weighted by atomic mass is 9.73. The number of ether oxygens (including phenoxy) is 1. The van der Waals surface area contributed by atoms with Gasteiger partial charge in [0.05, 0.1) is 0 Å². The molecule has 3 aromatic rings. The third kappa shape index (κ3) is 4.68. The lowest BCUT2D eigenvalue weighted by Crippen LogP contribution is -2.24. The summed E-state index contributed by atoms with van der Waals surface area (Å²) in [6.45, 7) is 9.33. The fourth-order valence-electron chi connectivity index (χ4n) is 3.88. The molecular formula is C26H29O4P. The monoisotopic (exact) mass is 436 g/mol. The molecule has 3 aromatic carbocycles. The minimum Gasteiger partial charge on any atom is -0.426 e. The van der Waals surface area contributed by atoms with E-state index in [1.807, 2.05) is 12.1 Å². The molecule has 4 rings (SSSR count). The lowest BCUT2D eigenvalue weighted by Gasteiger charge is -2.33. The summed E-state index contributed by atoms with van der Waals surface area (Å²) in [5.74, 6) is 0.773. The van der Waals surface area contributed by atoms with Gasteiger partial charge in [0, 0.05) is 16.4 Å². The first kappa shape index (κ1) is 22.0. The second-order valence-corrected chi connectivity index (χ2v) is 9.85. The van der Waals surface area contributed by atoms with Crippen molar-refractivity contribution in [1.82, 2.24) is 0 Å². The van der Waals surface area contributed by atoms with E-state index in [9.17, 15) is 0 Å². The van der Waals surface area contributed by atoms with Crippen molar-refractivity contribution in [2.75, 3.05) is 13.6 Å². The summed E-state index contributed by atoms with van der Waals surface area (Å²) in [4.78, 5) is 0. The molecule has 4 nitrogen and oxygen atoms in total. The normalized spacial score (nSPS) is 15.6. The van der Waals surface area contributed by atoms with Gasteiger partial charge >= 0.3 is 8.60 Å². The fourth-order valence-corrected chi connectivity index (χ4v) is 4.70. The predicted octanol–water partition coefficient (Wildman–Crippen LogP) is 6.92. The summed E-state index contributed by atoms with van der Waals surface area (Å²) in [7, 11) is -1.49. The Kier molecular flexibility index (Phi) is 6.45. The largest absolute Gasteiger partial charge is 0.426 e. The van der Waals surface area contributed by atoms with E-state index in [2.05, 4.69) is 94.4 Å². The minimum absolute atomic E-state index is 0.154. The van der Waals surface area contributed by atoms with Crippen LogP contribution in [0.3, 0.4) is 0 Å². The lowest BCUT2D eigenvalue weighted by molar-refractivity contribution is -0.101. The maximum atomic E-state index is 6.21. The average molecular weight is 436 g/mol. The third-order valence-corrected chi connectivity index (χ3v) is 7.00. The second kappa shape index (κ2) is 9.10. The van der Waals surface area contributed by atoms with Gasteiger partial charge < -0.3 is 9.26 Å². The van der Waals surface area contributed by atoms with E-state index in [-0.39, 0.29) is 24.4 Å². The fraction of sp³-hybridized carbons (Fsp3) is 0.308. The van der Waals surface area contributed by atoms with Crippen molar-refractivity contribution in [3.63, 3.8) is 0 Å². The van der Waals surface area contributed by atoms with Crippen LogP contribution in [0, 0.1) is 0 Å². The summed E-state index contributed by atoms with van der Waals surface area (Å²) >= 11 is 0. The minimum atomic E-state index is -1.49. The Bertz CT molecular complexity index is 996. The van der Waals surface area contributed by atoms with E-state index < -0.39 is 8.60 Å². The second-order valence-electron chi connectivity index (χ2n) is 8.71. The van der Waals surface area contributed by atoms with Crippen LogP contribution in [-0.4, -0.2) is 13.6 Å². The van der Waals surface area contributed by atoms with Crippen molar-refractivity contribution < 1.29 is 18.3 Å². The summed E-state index contributed by atoms with van der Waals surface area (Å²) in [6.07, 6.45) is 0. The molecule has 5 heteroatoms. The van der Waals surface area contributed by atoms with Gasteiger partial charge in [0.15, 0.2) is 13.6 Å². The van der Waals surface area contributed by atoms with Gasteiger partial charge in [0.2, 0.25) is 0 Å². The van der Waals surface area contributed by atoms with E-state index in [1.54, 1.807) is 0 Å². The van der Waals surface area contributed by atoms with Gasteiger partial charge in [0.25, 0.3) is 0 Å². The van der Waals surface area contributed by atoms with Crippen molar-refractivity contribution in [3.8, 4) is 5.75 Å². The maximum absolute atomic E-state index is 6.21. The van der Waals surface area contributed by atoms with Gasteiger partial charge in [-0.15, -0.1) is 0 Å². The quantitative estimate of drug-likeness (QED) is 0.393. The average Bonchev–Trinajstić information content (AvgIpc) is 2.81. The number of hydrogen-bond donors (Lipinski definition) is 0. The summed E-state index contributed by atoms with van der Waals surface area (Å²) in [5, 5.41) is 0. The molecule has 0 aromatic heterocycles. The predicted molar refractivity (Wildman–Crippen MR) is 124 cm³/mol. The van der Waals surface area contributed by atoms with E-state index in [4.69, 9.17) is 18.3 Å². The Hall–Kier alpha value is -2.23. The highest BCUT2D eigenvalue weighted by Gasteiger charge is 2.32. The van der Waals surface area contributed by atoms with Crippen molar-refractivity contribution in [1.29, 1.82) is 0 Å². The summed E-state index contributed by atoms with van der Waals surface area (Å²) in [5.41, 5.74) is 4.39. The molecule has 0 unspecified atom stereocenters. The Morgan fingerprint density at radius 3 is 1.81 bits per heavy atom. The molecular weight excluding hydrogens is 407 g/mol. The molecule has 0 atom stereocenters. The van der Waals surface area contributed by atoms with Crippen LogP contribution < -0.4 is 4.52 Å². The molecule has 0 N–H and O–H groups in total. The van der Waals surface area contributed by atoms with Crippen LogP contribution >= 0.6 is 8.60 Å². The molecule has 1 heterocycles. The maximum Gasteiger partial charge on any atom is 0.401 e. The molecule has 0 saturated carbocycles. The van der Waals surface area contributed by atoms with Gasteiger partial charge in [-0.05, 0) is 22.8 Å². The van der Waals surface area contributed by atoms with E-state index in [1.165, 1.54) is 16.7 Å². The van der Waals surface area contributed by atoms with Crippen LogP contribution in [0.5, 0.6) is 5.75 Å². The molecule has 0 spiro atoms. The molecule has 31 heavy (non-hydrogen) atoms. The number of rotatable bonds is 6. The van der Waals surface area contributed by atoms with Crippen molar-refractivity contribution in [2.24, 2.45) is 0 Å². The Morgan fingerprint density at radius 1 is 0.677 bits per heavy atom. The van der Waals surface area contributed by atoms with Gasteiger partial charge in [-0.25, -0.2) is 0 Å². The van der Waals surface area contributed by atoms with E-state index in [0.717, 1.165) is 11.3 Å². The van der Waals surface area contributed by atoms with Crippen LogP contribution in [0.4, 0.5) is 0 Å². The molecule has 1 fully saturated rings. The van der Waals surface area contributed by atoms with E-state index >= 15 is 0 Å². The Morgan fingerprint density at radius 2 is 1.23 bits per heavy atom.